The SMILES string of the molecule is CNc1cccc(-c2ccc(OC)c(F)c2)n1. The Morgan fingerprint density at radius 2 is 2.06 bits per heavy atom. The molecule has 88 valence electrons. The number of nitrogens with one attached hydrogen (secondary N) is 1. The first kappa shape index (κ1) is 11.4. The van der Waals surface area contributed by atoms with E-state index in [1.54, 1.807) is 19.2 Å². The van der Waals surface area contributed by atoms with E-state index in [2.05, 4.69) is 10.3 Å². The molecule has 3 nitrogen and oxygen atoms in total. The van der Waals surface area contributed by atoms with Crippen molar-refractivity contribution in [1.82, 2.24) is 4.98 Å². The van der Waals surface area contributed by atoms with Crippen LogP contribution in [0.2, 0.25) is 0 Å². The summed E-state index contributed by atoms with van der Waals surface area (Å²) in [5.74, 6) is 0.596. The van der Waals surface area contributed by atoms with E-state index in [1.165, 1.54) is 13.2 Å². The highest BCUT2D eigenvalue weighted by molar-refractivity contribution is 5.62. The maximum atomic E-state index is 13.6. The number of anilines is 1. The number of rotatable bonds is 3. The van der Waals surface area contributed by atoms with Crippen LogP contribution in [0, 0.1) is 5.82 Å². The zero-order chi connectivity index (χ0) is 12.3. The van der Waals surface area contributed by atoms with Crippen molar-refractivity contribution in [3.05, 3.63) is 42.2 Å². The predicted octanol–water partition coefficient (Wildman–Crippen LogP) is 2.94. The Morgan fingerprint density at radius 3 is 2.71 bits per heavy atom. The first-order valence-electron chi connectivity index (χ1n) is 5.23. The van der Waals surface area contributed by atoms with Crippen LogP contribution in [0.5, 0.6) is 5.75 Å². The number of hydrogen-bond donors (Lipinski definition) is 1. The van der Waals surface area contributed by atoms with Crippen molar-refractivity contribution in [2.75, 3.05) is 19.5 Å². The summed E-state index contributed by atoms with van der Waals surface area (Å²) >= 11 is 0. The summed E-state index contributed by atoms with van der Waals surface area (Å²) in [5.41, 5.74) is 1.44. The van der Waals surface area contributed by atoms with Crippen molar-refractivity contribution in [3.8, 4) is 17.0 Å². The van der Waals surface area contributed by atoms with E-state index in [0.29, 0.717) is 0 Å². The largest absolute Gasteiger partial charge is 0.494 e. The first-order chi connectivity index (χ1) is 8.24. The zero-order valence-electron chi connectivity index (χ0n) is 9.70. The molecule has 1 aromatic heterocycles. The molecule has 0 saturated carbocycles. The molecular weight excluding hydrogens is 219 g/mol. The van der Waals surface area contributed by atoms with Crippen molar-refractivity contribution in [2.45, 2.75) is 0 Å². The van der Waals surface area contributed by atoms with Crippen LogP contribution in [0.3, 0.4) is 0 Å². The van der Waals surface area contributed by atoms with Crippen LogP contribution in [0.4, 0.5) is 10.2 Å². The summed E-state index contributed by atoms with van der Waals surface area (Å²) in [6.45, 7) is 0. The predicted molar refractivity (Wildman–Crippen MR) is 65.7 cm³/mol. The molecule has 4 heteroatoms. The molecular formula is C13H13FN2O. The third-order valence-electron chi connectivity index (χ3n) is 2.45. The summed E-state index contributed by atoms with van der Waals surface area (Å²) in [5, 5.41) is 2.94. The van der Waals surface area contributed by atoms with Gasteiger partial charge in [0.25, 0.3) is 0 Å². The van der Waals surface area contributed by atoms with Gasteiger partial charge in [-0.15, -0.1) is 0 Å². The van der Waals surface area contributed by atoms with E-state index in [9.17, 15) is 4.39 Å². The molecule has 0 aliphatic rings. The first-order valence-corrected chi connectivity index (χ1v) is 5.23. The minimum Gasteiger partial charge on any atom is -0.494 e. The molecule has 0 aliphatic heterocycles. The molecule has 0 atom stereocenters. The minimum atomic E-state index is -0.387. The maximum Gasteiger partial charge on any atom is 0.165 e. The molecule has 0 spiro atoms. The molecule has 1 heterocycles. The van der Waals surface area contributed by atoms with Gasteiger partial charge in [-0.05, 0) is 30.3 Å². The van der Waals surface area contributed by atoms with E-state index < -0.39 is 0 Å². The second-order valence-corrected chi connectivity index (χ2v) is 3.51. The second kappa shape index (κ2) is 4.82. The Bertz CT molecular complexity index is 529. The number of nitrogens with zero attached hydrogens (tertiary/aromatic N) is 1. The molecule has 1 N–H and O–H groups in total. The number of benzene rings is 1. The third-order valence-corrected chi connectivity index (χ3v) is 2.45. The van der Waals surface area contributed by atoms with E-state index in [1.807, 2.05) is 18.2 Å². The quantitative estimate of drug-likeness (QED) is 0.883. The Balaban J connectivity index is 2.42. The summed E-state index contributed by atoms with van der Waals surface area (Å²) in [6, 6.07) is 10.4. The Morgan fingerprint density at radius 1 is 1.24 bits per heavy atom. The van der Waals surface area contributed by atoms with Gasteiger partial charge in [0, 0.05) is 12.6 Å². The molecule has 0 aliphatic carbocycles. The molecule has 0 radical (unpaired) electrons. The van der Waals surface area contributed by atoms with Crippen LogP contribution < -0.4 is 10.1 Å². The fourth-order valence-corrected chi connectivity index (χ4v) is 1.56. The lowest BCUT2D eigenvalue weighted by Crippen LogP contribution is -1.94. The standard InChI is InChI=1S/C13H13FN2O/c1-15-13-5-3-4-11(16-13)9-6-7-12(17-2)10(14)8-9/h3-8H,1-2H3,(H,15,16). The van der Waals surface area contributed by atoms with Gasteiger partial charge in [-0.1, -0.05) is 6.07 Å². The molecule has 0 amide bonds. The maximum absolute atomic E-state index is 13.6. The number of halogens is 1. The molecule has 0 fully saturated rings. The zero-order valence-corrected chi connectivity index (χ0v) is 9.70. The lowest BCUT2D eigenvalue weighted by atomic mass is 10.1. The normalized spacial score (nSPS) is 10.1. The van der Waals surface area contributed by atoms with Crippen molar-refractivity contribution in [2.24, 2.45) is 0 Å². The summed E-state index contributed by atoms with van der Waals surface area (Å²) in [6.07, 6.45) is 0. The highest BCUT2D eigenvalue weighted by atomic mass is 19.1. The highest BCUT2D eigenvalue weighted by Gasteiger charge is 2.06. The average molecular weight is 232 g/mol. The van der Waals surface area contributed by atoms with Gasteiger partial charge < -0.3 is 10.1 Å². The smallest absolute Gasteiger partial charge is 0.165 e. The number of hydrogen-bond acceptors (Lipinski definition) is 3. The van der Waals surface area contributed by atoms with Crippen LogP contribution in [0.25, 0.3) is 11.3 Å². The third kappa shape index (κ3) is 2.36. The summed E-state index contributed by atoms with van der Waals surface area (Å²) in [4.78, 5) is 4.34. The van der Waals surface area contributed by atoms with Crippen molar-refractivity contribution >= 4 is 5.82 Å². The summed E-state index contributed by atoms with van der Waals surface area (Å²) < 4.78 is 18.4. The van der Waals surface area contributed by atoms with Gasteiger partial charge in [0.1, 0.15) is 5.82 Å². The van der Waals surface area contributed by atoms with Crippen LogP contribution in [0.15, 0.2) is 36.4 Å². The van der Waals surface area contributed by atoms with Crippen LogP contribution in [-0.4, -0.2) is 19.1 Å². The fraction of sp³-hybridized carbons (Fsp3) is 0.154. The summed E-state index contributed by atoms with van der Waals surface area (Å²) in [7, 11) is 3.23. The van der Waals surface area contributed by atoms with Crippen LogP contribution >= 0.6 is 0 Å². The second-order valence-electron chi connectivity index (χ2n) is 3.51. The molecule has 0 saturated heterocycles. The Hall–Kier alpha value is -2.10. The van der Waals surface area contributed by atoms with Gasteiger partial charge in [0.15, 0.2) is 11.6 Å². The van der Waals surface area contributed by atoms with Crippen LogP contribution in [-0.2, 0) is 0 Å². The van der Waals surface area contributed by atoms with Gasteiger partial charge >= 0.3 is 0 Å². The van der Waals surface area contributed by atoms with Gasteiger partial charge in [-0.2, -0.15) is 0 Å². The van der Waals surface area contributed by atoms with Crippen LogP contribution in [0.1, 0.15) is 0 Å². The molecule has 0 unspecified atom stereocenters. The van der Waals surface area contributed by atoms with E-state index in [-0.39, 0.29) is 11.6 Å². The van der Waals surface area contributed by atoms with Crippen molar-refractivity contribution < 1.29 is 9.13 Å². The van der Waals surface area contributed by atoms with Gasteiger partial charge in [0.05, 0.1) is 12.8 Å². The van der Waals surface area contributed by atoms with E-state index in [4.69, 9.17) is 4.74 Å². The number of methoxy groups -OCH3 is 1. The van der Waals surface area contributed by atoms with Gasteiger partial charge in [-0.25, -0.2) is 9.37 Å². The van der Waals surface area contributed by atoms with E-state index in [0.717, 1.165) is 17.1 Å². The Labute approximate surface area is 99.3 Å². The van der Waals surface area contributed by atoms with E-state index >= 15 is 0 Å². The van der Waals surface area contributed by atoms with Gasteiger partial charge in [-0.3, -0.25) is 0 Å². The monoisotopic (exact) mass is 232 g/mol. The average Bonchev–Trinajstić information content (AvgIpc) is 2.38. The minimum absolute atomic E-state index is 0.235. The number of aromatic nitrogens is 1. The highest BCUT2D eigenvalue weighted by Crippen LogP contribution is 2.24. The molecule has 17 heavy (non-hydrogen) atoms. The lowest BCUT2D eigenvalue weighted by Gasteiger charge is -2.06. The topological polar surface area (TPSA) is 34.1 Å². The van der Waals surface area contributed by atoms with Crippen molar-refractivity contribution in [3.63, 3.8) is 0 Å². The van der Waals surface area contributed by atoms with Crippen molar-refractivity contribution in [1.29, 1.82) is 0 Å². The fourth-order valence-electron chi connectivity index (χ4n) is 1.56. The Kier molecular flexibility index (Phi) is 3.23. The molecule has 2 aromatic rings. The number of pyridine rings is 1. The lowest BCUT2D eigenvalue weighted by molar-refractivity contribution is 0.386. The molecule has 0 bridgehead atoms. The molecule has 2 rings (SSSR count). The van der Waals surface area contributed by atoms with Gasteiger partial charge in [0.2, 0.25) is 0 Å². The number of ether oxygens (including phenoxy) is 1. The molecule has 1 aromatic carbocycles.